The van der Waals surface area contributed by atoms with Gasteiger partial charge >= 0.3 is 6.18 Å². The standard InChI is InChI=1S/C26H23F5N2/c27-21-11-19(12-22(28)13-21)18-3-1-17(2-4-18)14-32-15-24-9-10-25(16-32)33(24)23-7-5-20(6-8-23)26(29,30)31/h1-8,11-13,24-25H,9-10,14-16H2. The third-order valence-corrected chi connectivity index (χ3v) is 6.61. The van der Waals surface area contributed by atoms with Crippen molar-refractivity contribution in [3.05, 3.63) is 89.5 Å². The fourth-order valence-corrected chi connectivity index (χ4v) is 5.14. The first kappa shape index (κ1) is 21.9. The molecule has 0 radical (unpaired) electrons. The van der Waals surface area contributed by atoms with Crippen LogP contribution in [0.25, 0.3) is 11.1 Å². The van der Waals surface area contributed by atoms with E-state index >= 15 is 0 Å². The van der Waals surface area contributed by atoms with E-state index in [0.29, 0.717) is 5.56 Å². The van der Waals surface area contributed by atoms with Crippen LogP contribution in [-0.4, -0.2) is 30.1 Å². The summed E-state index contributed by atoms with van der Waals surface area (Å²) in [6, 6.07) is 17.2. The molecule has 2 saturated heterocycles. The summed E-state index contributed by atoms with van der Waals surface area (Å²) < 4.78 is 65.7. The fraction of sp³-hybridized carbons (Fsp3) is 0.308. The fourth-order valence-electron chi connectivity index (χ4n) is 5.14. The van der Waals surface area contributed by atoms with Gasteiger partial charge < -0.3 is 4.90 Å². The topological polar surface area (TPSA) is 6.48 Å². The Bertz CT molecular complexity index is 1090. The van der Waals surface area contributed by atoms with Gasteiger partial charge in [-0.2, -0.15) is 13.2 Å². The van der Waals surface area contributed by atoms with Gasteiger partial charge in [0.2, 0.25) is 0 Å². The van der Waals surface area contributed by atoms with Gasteiger partial charge in [-0.15, -0.1) is 0 Å². The van der Waals surface area contributed by atoms with Crippen LogP contribution in [0.15, 0.2) is 66.7 Å². The molecular formula is C26H23F5N2. The maximum absolute atomic E-state index is 13.5. The van der Waals surface area contributed by atoms with E-state index in [-0.39, 0.29) is 12.1 Å². The van der Waals surface area contributed by atoms with Crippen molar-refractivity contribution in [3.63, 3.8) is 0 Å². The molecule has 2 heterocycles. The molecule has 0 amide bonds. The number of halogens is 5. The monoisotopic (exact) mass is 458 g/mol. The summed E-state index contributed by atoms with van der Waals surface area (Å²) >= 11 is 0. The molecule has 2 fully saturated rings. The molecule has 0 saturated carbocycles. The molecule has 7 heteroatoms. The van der Waals surface area contributed by atoms with Crippen LogP contribution in [0.2, 0.25) is 0 Å². The summed E-state index contributed by atoms with van der Waals surface area (Å²) in [5.41, 5.74) is 2.59. The number of fused-ring (bicyclic) bond motifs is 2. The van der Waals surface area contributed by atoms with Gasteiger partial charge in [0.15, 0.2) is 0 Å². The number of benzene rings is 3. The zero-order chi connectivity index (χ0) is 23.2. The molecule has 33 heavy (non-hydrogen) atoms. The number of likely N-dealkylation sites (tertiary alicyclic amines) is 1. The average molecular weight is 458 g/mol. The van der Waals surface area contributed by atoms with Gasteiger partial charge in [0.1, 0.15) is 11.6 Å². The van der Waals surface area contributed by atoms with Gasteiger partial charge in [-0.05, 0) is 65.9 Å². The molecule has 2 bridgehead atoms. The largest absolute Gasteiger partial charge is 0.416 e. The summed E-state index contributed by atoms with van der Waals surface area (Å²) in [5, 5.41) is 0. The number of anilines is 1. The summed E-state index contributed by atoms with van der Waals surface area (Å²) in [6.45, 7) is 2.44. The smallest absolute Gasteiger partial charge is 0.363 e. The number of nitrogens with zero attached hydrogens (tertiary/aromatic N) is 2. The lowest BCUT2D eigenvalue weighted by molar-refractivity contribution is -0.137. The van der Waals surface area contributed by atoms with Crippen LogP contribution in [-0.2, 0) is 12.7 Å². The normalized spacial score (nSPS) is 20.9. The molecule has 0 N–H and O–H groups in total. The average Bonchev–Trinajstić information content (AvgIpc) is 3.03. The molecule has 0 spiro atoms. The molecule has 2 aliphatic rings. The second kappa shape index (κ2) is 8.45. The summed E-state index contributed by atoms with van der Waals surface area (Å²) in [5.74, 6) is -1.20. The molecule has 2 aliphatic heterocycles. The predicted molar refractivity (Wildman–Crippen MR) is 118 cm³/mol. The van der Waals surface area contributed by atoms with E-state index in [0.717, 1.165) is 67.5 Å². The number of hydrogen-bond donors (Lipinski definition) is 0. The highest BCUT2D eigenvalue weighted by Gasteiger charge is 2.40. The Kier molecular flexibility index (Phi) is 5.60. The van der Waals surface area contributed by atoms with E-state index in [2.05, 4.69) is 9.80 Å². The SMILES string of the molecule is Fc1cc(F)cc(-c2ccc(CN3CC4CCC(C3)N4c3ccc(C(F)(F)F)cc3)cc2)c1. The van der Waals surface area contributed by atoms with Crippen molar-refractivity contribution in [2.75, 3.05) is 18.0 Å². The molecule has 2 unspecified atom stereocenters. The van der Waals surface area contributed by atoms with E-state index in [9.17, 15) is 22.0 Å². The minimum atomic E-state index is -4.32. The molecule has 2 nitrogen and oxygen atoms in total. The second-order valence-corrected chi connectivity index (χ2v) is 8.89. The number of alkyl halides is 3. The Hall–Kier alpha value is -2.93. The molecule has 0 aromatic heterocycles. The summed E-state index contributed by atoms with van der Waals surface area (Å²) in [4.78, 5) is 4.65. The first-order valence-corrected chi connectivity index (χ1v) is 11.0. The van der Waals surface area contributed by atoms with Crippen molar-refractivity contribution >= 4 is 5.69 Å². The first-order valence-electron chi connectivity index (χ1n) is 11.0. The quantitative estimate of drug-likeness (QED) is 0.412. The van der Waals surface area contributed by atoms with Crippen LogP contribution in [0.3, 0.4) is 0 Å². The van der Waals surface area contributed by atoms with Crippen molar-refractivity contribution in [2.24, 2.45) is 0 Å². The second-order valence-electron chi connectivity index (χ2n) is 8.89. The maximum Gasteiger partial charge on any atom is 0.416 e. The zero-order valence-electron chi connectivity index (χ0n) is 17.8. The Morgan fingerprint density at radius 3 is 1.85 bits per heavy atom. The molecule has 3 aromatic carbocycles. The minimum Gasteiger partial charge on any atom is -0.363 e. The molecule has 5 rings (SSSR count). The van der Waals surface area contributed by atoms with E-state index in [4.69, 9.17) is 0 Å². The van der Waals surface area contributed by atoms with Crippen molar-refractivity contribution < 1.29 is 22.0 Å². The van der Waals surface area contributed by atoms with Gasteiger partial charge in [0.25, 0.3) is 0 Å². The molecule has 2 atom stereocenters. The van der Waals surface area contributed by atoms with Gasteiger partial charge in [0.05, 0.1) is 5.56 Å². The third kappa shape index (κ3) is 4.60. The minimum absolute atomic E-state index is 0.273. The summed E-state index contributed by atoms with van der Waals surface area (Å²) in [7, 11) is 0. The van der Waals surface area contributed by atoms with E-state index in [1.54, 1.807) is 12.1 Å². The van der Waals surface area contributed by atoms with Crippen molar-refractivity contribution in [1.82, 2.24) is 4.90 Å². The van der Waals surface area contributed by atoms with Crippen LogP contribution in [0.4, 0.5) is 27.6 Å². The van der Waals surface area contributed by atoms with Crippen molar-refractivity contribution in [1.29, 1.82) is 0 Å². The van der Waals surface area contributed by atoms with Crippen LogP contribution in [0, 0.1) is 11.6 Å². The highest BCUT2D eigenvalue weighted by Crippen LogP contribution is 2.37. The molecule has 3 aromatic rings. The molecule has 172 valence electrons. The van der Waals surface area contributed by atoms with E-state index in [1.165, 1.54) is 12.1 Å². The molecular weight excluding hydrogens is 435 g/mol. The first-order chi connectivity index (χ1) is 15.8. The number of rotatable bonds is 4. The lowest BCUT2D eigenvalue weighted by Crippen LogP contribution is -2.53. The van der Waals surface area contributed by atoms with Crippen molar-refractivity contribution in [3.8, 4) is 11.1 Å². The van der Waals surface area contributed by atoms with Gasteiger partial charge in [-0.25, -0.2) is 8.78 Å². The third-order valence-electron chi connectivity index (χ3n) is 6.61. The summed E-state index contributed by atoms with van der Waals surface area (Å²) in [6.07, 6.45) is -2.28. The van der Waals surface area contributed by atoms with Crippen molar-refractivity contribution in [2.45, 2.75) is 37.6 Å². The highest BCUT2D eigenvalue weighted by atomic mass is 19.4. The van der Waals surface area contributed by atoms with E-state index in [1.807, 2.05) is 24.3 Å². The van der Waals surface area contributed by atoms with E-state index < -0.39 is 23.4 Å². The Morgan fingerprint density at radius 2 is 1.30 bits per heavy atom. The lowest BCUT2D eigenvalue weighted by atomic mass is 10.0. The Labute approximate surface area is 189 Å². The van der Waals surface area contributed by atoms with Gasteiger partial charge in [0, 0.05) is 43.5 Å². The van der Waals surface area contributed by atoms with Crippen LogP contribution < -0.4 is 4.90 Å². The highest BCUT2D eigenvalue weighted by molar-refractivity contribution is 5.63. The number of piperazine rings is 1. The van der Waals surface area contributed by atoms with Gasteiger partial charge in [-0.3, -0.25) is 4.90 Å². The van der Waals surface area contributed by atoms with Crippen LogP contribution >= 0.6 is 0 Å². The van der Waals surface area contributed by atoms with Crippen LogP contribution in [0.5, 0.6) is 0 Å². The van der Waals surface area contributed by atoms with Gasteiger partial charge in [-0.1, -0.05) is 24.3 Å². The number of hydrogen-bond acceptors (Lipinski definition) is 2. The predicted octanol–water partition coefficient (Wildman–Crippen LogP) is 6.50. The maximum atomic E-state index is 13.5. The lowest BCUT2D eigenvalue weighted by Gasteiger charge is -2.42. The molecule has 0 aliphatic carbocycles. The Balaban J connectivity index is 1.25. The van der Waals surface area contributed by atoms with Crippen LogP contribution in [0.1, 0.15) is 24.0 Å². The Morgan fingerprint density at radius 1 is 0.727 bits per heavy atom. The zero-order valence-corrected chi connectivity index (χ0v) is 17.8.